The molecule has 2 atom stereocenters. The fourth-order valence-corrected chi connectivity index (χ4v) is 5.17. The molecule has 1 saturated carbocycles. The molecule has 2 saturated heterocycles. The molecule has 3 fully saturated rings. The summed E-state index contributed by atoms with van der Waals surface area (Å²) < 4.78 is 6.24. The Morgan fingerprint density at radius 1 is 1.23 bits per heavy atom. The summed E-state index contributed by atoms with van der Waals surface area (Å²) in [5.41, 5.74) is 0.637. The first-order valence-corrected chi connectivity index (χ1v) is 11.8. The molecular weight excluding hydrogens is 458 g/mol. The van der Waals surface area contributed by atoms with E-state index in [4.69, 9.17) is 14.5 Å². The molecule has 168 valence electrons. The van der Waals surface area contributed by atoms with Crippen LogP contribution in [0.15, 0.2) is 21.2 Å². The zero-order valence-electron chi connectivity index (χ0n) is 18.6. The van der Waals surface area contributed by atoms with Crippen LogP contribution in [0.2, 0.25) is 0 Å². The van der Waals surface area contributed by atoms with Crippen molar-refractivity contribution in [3.63, 3.8) is 0 Å². The zero-order valence-corrected chi connectivity index (χ0v) is 20.2. The molecule has 2 bridgehead atoms. The highest BCUT2D eigenvalue weighted by atomic mass is 79.9. The summed E-state index contributed by atoms with van der Waals surface area (Å²) >= 11 is 3.56. The lowest BCUT2D eigenvalue weighted by molar-refractivity contribution is -0.106. The first-order valence-electron chi connectivity index (χ1n) is 11.0. The Kier molecular flexibility index (Phi) is 8.47. The van der Waals surface area contributed by atoms with Gasteiger partial charge in [-0.25, -0.2) is 4.98 Å². The number of furan rings is 1. The molecule has 0 spiro atoms. The number of rotatable bonds is 2. The number of likely N-dealkylation sites (N-methyl/N-ethyl adjacent to an activating group) is 2. The quantitative estimate of drug-likeness (QED) is 0.624. The van der Waals surface area contributed by atoms with E-state index in [1.807, 2.05) is 6.07 Å². The maximum absolute atomic E-state index is 8.86. The summed E-state index contributed by atoms with van der Waals surface area (Å²) in [5.74, 6) is 1.15. The number of aldehydes is 1. The van der Waals surface area contributed by atoms with E-state index >= 15 is 0 Å². The number of aromatic nitrogens is 1. The molecule has 2 aromatic heterocycles. The van der Waals surface area contributed by atoms with Gasteiger partial charge >= 0.3 is 0 Å². The van der Waals surface area contributed by atoms with Gasteiger partial charge in [-0.05, 0) is 56.2 Å². The SMILES string of the molecule is CC=O.CN1CC2CC1CN2C.N#Cc1cc2c(Br)c(NC3CCCCC3)ncc2o1. The number of nitrogens with one attached hydrogen (secondary N) is 1. The van der Waals surface area contributed by atoms with Crippen LogP contribution >= 0.6 is 15.9 Å². The average Bonchev–Trinajstić information content (AvgIpc) is 3.46. The van der Waals surface area contributed by atoms with Crippen LogP contribution in [0, 0.1) is 11.3 Å². The Balaban J connectivity index is 0.000000188. The lowest BCUT2D eigenvalue weighted by atomic mass is 9.95. The van der Waals surface area contributed by atoms with Gasteiger partial charge in [-0.1, -0.05) is 19.3 Å². The first-order chi connectivity index (χ1) is 15.0. The number of fused-ring (bicyclic) bond motifs is 3. The van der Waals surface area contributed by atoms with Crippen LogP contribution in [0.3, 0.4) is 0 Å². The highest BCUT2D eigenvalue weighted by Crippen LogP contribution is 2.33. The van der Waals surface area contributed by atoms with Crippen LogP contribution in [0.4, 0.5) is 5.82 Å². The zero-order chi connectivity index (χ0) is 22.4. The van der Waals surface area contributed by atoms with Gasteiger partial charge in [-0.15, -0.1) is 0 Å². The van der Waals surface area contributed by atoms with Crippen LogP contribution in [0.1, 0.15) is 51.2 Å². The molecule has 2 aromatic rings. The number of nitrogens with zero attached hydrogens (tertiary/aromatic N) is 4. The molecule has 0 aromatic carbocycles. The second kappa shape index (κ2) is 11.1. The molecular formula is C23H32BrN5O2. The van der Waals surface area contributed by atoms with Gasteiger partial charge in [0, 0.05) is 42.7 Å². The van der Waals surface area contributed by atoms with Gasteiger partial charge in [0.15, 0.2) is 5.58 Å². The molecule has 5 rings (SSSR count). The van der Waals surface area contributed by atoms with E-state index in [-0.39, 0.29) is 0 Å². The third kappa shape index (κ3) is 5.85. The van der Waals surface area contributed by atoms with E-state index in [9.17, 15) is 0 Å². The number of carbonyl (C=O) groups excluding carboxylic acids is 1. The summed E-state index contributed by atoms with van der Waals surface area (Å²) in [7, 11) is 4.47. The van der Waals surface area contributed by atoms with Crippen molar-refractivity contribution in [2.75, 3.05) is 32.5 Å². The molecule has 7 nitrogen and oxygen atoms in total. The number of halogens is 1. The Bertz CT molecular complexity index is 901. The summed E-state index contributed by atoms with van der Waals surface area (Å²) in [6.07, 6.45) is 10.1. The van der Waals surface area contributed by atoms with Crippen molar-refractivity contribution in [3.05, 3.63) is 22.5 Å². The molecule has 4 heterocycles. The van der Waals surface area contributed by atoms with Gasteiger partial charge in [0.2, 0.25) is 5.76 Å². The average molecular weight is 490 g/mol. The predicted octanol–water partition coefficient (Wildman–Crippen LogP) is 4.42. The number of carbonyl (C=O) groups is 1. The number of hydrogen-bond acceptors (Lipinski definition) is 7. The Morgan fingerprint density at radius 2 is 1.84 bits per heavy atom. The lowest BCUT2D eigenvalue weighted by Crippen LogP contribution is -2.42. The van der Waals surface area contributed by atoms with Crippen LogP contribution < -0.4 is 5.32 Å². The van der Waals surface area contributed by atoms with Gasteiger partial charge < -0.3 is 24.3 Å². The maximum Gasteiger partial charge on any atom is 0.204 e. The van der Waals surface area contributed by atoms with E-state index in [1.165, 1.54) is 58.5 Å². The van der Waals surface area contributed by atoms with Crippen LogP contribution in [-0.4, -0.2) is 66.4 Å². The largest absolute Gasteiger partial charge is 0.444 e. The van der Waals surface area contributed by atoms with E-state index in [0.717, 1.165) is 34.0 Å². The smallest absolute Gasteiger partial charge is 0.204 e. The minimum Gasteiger partial charge on any atom is -0.444 e. The maximum atomic E-state index is 8.86. The third-order valence-electron chi connectivity index (χ3n) is 6.36. The highest BCUT2D eigenvalue weighted by molar-refractivity contribution is 9.10. The minimum absolute atomic E-state index is 0.312. The van der Waals surface area contributed by atoms with Crippen molar-refractivity contribution in [2.45, 2.75) is 63.6 Å². The first kappa shape index (κ1) is 23.7. The Hall–Kier alpha value is -1.95. The van der Waals surface area contributed by atoms with Crippen LogP contribution in [0.25, 0.3) is 11.0 Å². The summed E-state index contributed by atoms with van der Waals surface area (Å²) in [4.78, 5) is 18.1. The normalized spacial score (nSPS) is 23.5. The van der Waals surface area contributed by atoms with Gasteiger partial charge in [0.1, 0.15) is 18.2 Å². The van der Waals surface area contributed by atoms with Gasteiger partial charge in [0.25, 0.3) is 0 Å². The molecule has 0 amide bonds. The van der Waals surface area contributed by atoms with Crippen molar-refractivity contribution in [1.29, 1.82) is 5.26 Å². The monoisotopic (exact) mass is 489 g/mol. The summed E-state index contributed by atoms with van der Waals surface area (Å²) in [6.45, 7) is 4.03. The topological polar surface area (TPSA) is 85.4 Å². The third-order valence-corrected chi connectivity index (χ3v) is 7.16. The number of nitriles is 1. The lowest BCUT2D eigenvalue weighted by Gasteiger charge is -2.28. The fraction of sp³-hybridized carbons (Fsp3) is 0.609. The summed E-state index contributed by atoms with van der Waals surface area (Å²) in [6, 6.07) is 6.00. The van der Waals surface area contributed by atoms with Crippen molar-refractivity contribution in [3.8, 4) is 6.07 Å². The summed E-state index contributed by atoms with van der Waals surface area (Å²) in [5, 5.41) is 13.2. The van der Waals surface area contributed by atoms with Crippen molar-refractivity contribution in [1.82, 2.24) is 14.8 Å². The minimum atomic E-state index is 0.312. The van der Waals surface area contributed by atoms with Gasteiger partial charge in [-0.3, -0.25) is 0 Å². The number of likely N-dealkylation sites (tertiary alicyclic amines) is 2. The van der Waals surface area contributed by atoms with Crippen molar-refractivity contribution < 1.29 is 9.21 Å². The highest BCUT2D eigenvalue weighted by Gasteiger charge is 2.39. The van der Waals surface area contributed by atoms with Gasteiger partial charge in [0.05, 0.1) is 10.7 Å². The molecule has 2 aliphatic heterocycles. The number of anilines is 1. The second-order valence-corrected chi connectivity index (χ2v) is 9.35. The molecule has 31 heavy (non-hydrogen) atoms. The van der Waals surface area contributed by atoms with Crippen molar-refractivity contribution in [2.24, 2.45) is 0 Å². The van der Waals surface area contributed by atoms with Crippen molar-refractivity contribution >= 4 is 39.0 Å². The molecule has 1 aliphatic carbocycles. The predicted molar refractivity (Wildman–Crippen MR) is 126 cm³/mol. The Morgan fingerprint density at radius 3 is 2.35 bits per heavy atom. The molecule has 0 radical (unpaired) electrons. The number of hydrogen-bond donors (Lipinski definition) is 1. The number of pyridine rings is 1. The Labute approximate surface area is 192 Å². The second-order valence-electron chi connectivity index (χ2n) is 8.56. The number of piperazine rings is 1. The molecule has 1 N–H and O–H groups in total. The van der Waals surface area contributed by atoms with E-state index in [1.54, 1.807) is 12.3 Å². The van der Waals surface area contributed by atoms with E-state index in [2.05, 4.69) is 50.1 Å². The van der Waals surface area contributed by atoms with Gasteiger partial charge in [-0.2, -0.15) is 5.26 Å². The van der Waals surface area contributed by atoms with E-state index < -0.39 is 0 Å². The molecule has 8 heteroatoms. The van der Waals surface area contributed by atoms with Crippen LogP contribution in [-0.2, 0) is 4.79 Å². The standard InChI is InChI=1S/C14H14BrN3O.C7H14N2.C2H4O/c15-13-11-6-10(7-16)19-12(11)8-17-14(13)18-9-4-2-1-3-5-9;1-8-4-7-3-6(8)5-9(7)2;1-2-3/h6,8-9H,1-5H2,(H,17,18);6-7H,3-5H2,1-2H3;2H,1H3. The molecule has 2 unspecified atom stereocenters. The molecule has 3 aliphatic rings. The van der Waals surface area contributed by atoms with E-state index in [0.29, 0.717) is 17.4 Å². The fourth-order valence-electron chi connectivity index (χ4n) is 4.64. The van der Waals surface area contributed by atoms with Crippen LogP contribution in [0.5, 0.6) is 0 Å².